The lowest BCUT2D eigenvalue weighted by atomic mass is 10.0. The van der Waals surface area contributed by atoms with Crippen molar-refractivity contribution in [1.29, 1.82) is 0 Å². The molecule has 1 aromatic rings. The fourth-order valence-corrected chi connectivity index (χ4v) is 2.82. The summed E-state index contributed by atoms with van der Waals surface area (Å²) >= 11 is 0. The first-order valence-electron chi connectivity index (χ1n) is 8.48. The molecular weight excluding hydrogens is 352 g/mol. The van der Waals surface area contributed by atoms with Crippen LogP contribution in [0.2, 0.25) is 0 Å². The van der Waals surface area contributed by atoms with Crippen molar-refractivity contribution in [3.05, 3.63) is 35.4 Å². The first-order valence-corrected chi connectivity index (χ1v) is 8.48. The van der Waals surface area contributed by atoms with Crippen molar-refractivity contribution in [2.45, 2.75) is 57.7 Å². The van der Waals surface area contributed by atoms with Crippen LogP contribution >= 0.6 is 0 Å². The molecule has 0 aromatic heterocycles. The van der Waals surface area contributed by atoms with Crippen molar-refractivity contribution in [2.24, 2.45) is 0 Å². The monoisotopic (exact) mass is 376 g/mol. The molecule has 1 heterocycles. The number of nitrogens with one attached hydrogen (secondary N) is 1. The van der Waals surface area contributed by atoms with Crippen LogP contribution < -0.4 is 5.32 Å². The minimum atomic E-state index is -4.45. The Bertz CT molecular complexity index is 628. The van der Waals surface area contributed by atoms with Gasteiger partial charge in [-0.15, -0.1) is 0 Å². The van der Waals surface area contributed by atoms with Gasteiger partial charge in [-0.05, 0) is 38.8 Å². The number of benzene rings is 1. The number of ether oxygens (including phenoxy) is 1. The largest absolute Gasteiger partial charge is 0.444 e. The van der Waals surface area contributed by atoms with E-state index >= 15 is 0 Å². The summed E-state index contributed by atoms with van der Waals surface area (Å²) in [7, 11) is 0. The normalized spacial score (nSPS) is 21.6. The van der Waals surface area contributed by atoms with Gasteiger partial charge >= 0.3 is 12.3 Å². The summed E-state index contributed by atoms with van der Waals surface area (Å²) < 4.78 is 58.6. The van der Waals surface area contributed by atoms with E-state index in [0.717, 1.165) is 6.07 Å². The van der Waals surface area contributed by atoms with Crippen molar-refractivity contribution >= 4 is 6.09 Å². The molecule has 8 heteroatoms. The molecule has 2 rings (SSSR count). The first-order chi connectivity index (χ1) is 12.0. The number of carbonyl (C=O) groups excluding carboxylic acids is 1. The molecule has 1 aliphatic heterocycles. The summed E-state index contributed by atoms with van der Waals surface area (Å²) in [5, 5.41) is 2.85. The topological polar surface area (TPSA) is 41.6 Å². The van der Waals surface area contributed by atoms with Gasteiger partial charge in [-0.3, -0.25) is 0 Å². The fourth-order valence-electron chi connectivity index (χ4n) is 2.82. The van der Waals surface area contributed by atoms with Crippen molar-refractivity contribution in [3.8, 4) is 0 Å². The summed E-state index contributed by atoms with van der Waals surface area (Å²) in [6, 6.07) is 4.61. The van der Waals surface area contributed by atoms with Gasteiger partial charge in [0.1, 0.15) is 11.8 Å². The highest BCUT2D eigenvalue weighted by Gasteiger charge is 2.35. The molecule has 1 aromatic carbocycles. The lowest BCUT2D eigenvalue weighted by Crippen LogP contribution is -2.53. The number of carbonyl (C=O) groups is 1. The Balaban J connectivity index is 1.93. The Morgan fingerprint density at radius 1 is 1.27 bits per heavy atom. The zero-order valence-corrected chi connectivity index (χ0v) is 15.1. The van der Waals surface area contributed by atoms with E-state index < -0.39 is 35.6 Å². The van der Waals surface area contributed by atoms with Crippen LogP contribution in [0.4, 0.5) is 22.4 Å². The first kappa shape index (κ1) is 20.5. The Morgan fingerprint density at radius 3 is 2.50 bits per heavy atom. The lowest BCUT2D eigenvalue weighted by molar-refractivity contribution is -0.138. The van der Waals surface area contributed by atoms with Crippen molar-refractivity contribution in [2.75, 3.05) is 13.1 Å². The Labute approximate surface area is 150 Å². The molecule has 2 atom stereocenters. The third kappa shape index (κ3) is 5.59. The molecule has 146 valence electrons. The summed E-state index contributed by atoms with van der Waals surface area (Å²) in [5.74, 6) is 0. The second kappa shape index (κ2) is 7.82. The Morgan fingerprint density at radius 2 is 1.92 bits per heavy atom. The zero-order valence-electron chi connectivity index (χ0n) is 15.1. The van der Waals surface area contributed by atoms with Crippen LogP contribution in [-0.4, -0.2) is 41.9 Å². The van der Waals surface area contributed by atoms with Crippen molar-refractivity contribution < 1.29 is 27.1 Å². The maximum absolute atomic E-state index is 14.4. The molecule has 1 fully saturated rings. The van der Waals surface area contributed by atoms with E-state index in [1.54, 1.807) is 20.8 Å². The van der Waals surface area contributed by atoms with Gasteiger partial charge < -0.3 is 15.0 Å². The van der Waals surface area contributed by atoms with Gasteiger partial charge in [0.2, 0.25) is 0 Å². The molecule has 1 amide bonds. The van der Waals surface area contributed by atoms with Crippen LogP contribution in [0.5, 0.6) is 0 Å². The number of nitrogens with zero attached hydrogens (tertiary/aromatic N) is 1. The van der Waals surface area contributed by atoms with Crippen LogP contribution in [-0.2, 0) is 17.5 Å². The van der Waals surface area contributed by atoms with E-state index in [1.165, 1.54) is 23.1 Å². The highest BCUT2D eigenvalue weighted by molar-refractivity contribution is 5.68. The molecule has 1 saturated heterocycles. The number of piperidine rings is 1. The highest BCUT2D eigenvalue weighted by Crippen LogP contribution is 2.32. The molecule has 0 bridgehead atoms. The summed E-state index contributed by atoms with van der Waals surface area (Å²) in [6.45, 7) is 5.23. The standard InChI is InChI=1S/C18H24F4N2O2/c1-17(2,3)26-16(25)24-9-8-15(14(19)11-24)23-10-12-6-4-5-7-13(12)18(20,21)22/h4-7,14-15,23H,8-11H2,1-3H3. The van der Waals surface area contributed by atoms with E-state index in [0.29, 0.717) is 6.42 Å². The Kier molecular flexibility index (Phi) is 6.16. The number of halogens is 4. The van der Waals surface area contributed by atoms with Crippen LogP contribution in [0, 0.1) is 0 Å². The molecule has 4 nitrogen and oxygen atoms in total. The summed E-state index contributed by atoms with van der Waals surface area (Å²) in [5.41, 5.74) is -1.32. The summed E-state index contributed by atoms with van der Waals surface area (Å²) in [6.07, 6.45) is -6.11. The molecule has 1 N–H and O–H groups in total. The number of hydrogen-bond donors (Lipinski definition) is 1. The predicted molar refractivity (Wildman–Crippen MR) is 89.4 cm³/mol. The average molecular weight is 376 g/mol. The number of rotatable bonds is 3. The van der Waals surface area contributed by atoms with E-state index in [-0.39, 0.29) is 25.2 Å². The number of hydrogen-bond acceptors (Lipinski definition) is 3. The zero-order chi connectivity index (χ0) is 19.5. The van der Waals surface area contributed by atoms with E-state index in [1.807, 2.05) is 0 Å². The van der Waals surface area contributed by atoms with Crippen molar-refractivity contribution in [1.82, 2.24) is 10.2 Å². The van der Waals surface area contributed by atoms with Gasteiger partial charge in [-0.1, -0.05) is 18.2 Å². The third-order valence-electron chi connectivity index (χ3n) is 4.07. The molecule has 26 heavy (non-hydrogen) atoms. The van der Waals surface area contributed by atoms with Crippen molar-refractivity contribution in [3.63, 3.8) is 0 Å². The smallest absolute Gasteiger partial charge is 0.416 e. The lowest BCUT2D eigenvalue weighted by Gasteiger charge is -2.36. The molecule has 1 aliphatic rings. The van der Waals surface area contributed by atoms with Crippen LogP contribution in [0.15, 0.2) is 24.3 Å². The second-order valence-electron chi connectivity index (χ2n) is 7.37. The Hall–Kier alpha value is -1.83. The van der Waals surface area contributed by atoms with Crippen LogP contribution in [0.1, 0.15) is 38.3 Å². The summed E-state index contributed by atoms with van der Waals surface area (Å²) in [4.78, 5) is 13.3. The van der Waals surface area contributed by atoms with Gasteiger partial charge in [-0.25, -0.2) is 9.18 Å². The third-order valence-corrected chi connectivity index (χ3v) is 4.07. The molecule has 2 unspecified atom stereocenters. The van der Waals surface area contributed by atoms with Gasteiger partial charge in [0.25, 0.3) is 0 Å². The SMILES string of the molecule is CC(C)(C)OC(=O)N1CCC(NCc2ccccc2C(F)(F)F)C(F)C1. The van der Waals surface area contributed by atoms with Gasteiger partial charge in [0.05, 0.1) is 12.1 Å². The molecule has 0 spiro atoms. The van der Waals surface area contributed by atoms with E-state index in [4.69, 9.17) is 4.74 Å². The van der Waals surface area contributed by atoms with Gasteiger partial charge in [0.15, 0.2) is 0 Å². The minimum absolute atomic E-state index is 0.0711. The highest BCUT2D eigenvalue weighted by atomic mass is 19.4. The number of alkyl halides is 4. The maximum Gasteiger partial charge on any atom is 0.416 e. The van der Waals surface area contributed by atoms with Crippen LogP contribution in [0.3, 0.4) is 0 Å². The molecule has 0 aliphatic carbocycles. The minimum Gasteiger partial charge on any atom is -0.444 e. The average Bonchev–Trinajstić information content (AvgIpc) is 2.51. The number of likely N-dealkylation sites (tertiary alicyclic amines) is 1. The number of amides is 1. The maximum atomic E-state index is 14.4. The molecular formula is C18H24F4N2O2. The van der Waals surface area contributed by atoms with E-state index in [9.17, 15) is 22.4 Å². The molecule has 0 radical (unpaired) electrons. The quantitative estimate of drug-likeness (QED) is 0.806. The van der Waals surface area contributed by atoms with Crippen LogP contribution in [0.25, 0.3) is 0 Å². The van der Waals surface area contributed by atoms with Gasteiger partial charge in [-0.2, -0.15) is 13.2 Å². The fraction of sp³-hybridized carbons (Fsp3) is 0.611. The predicted octanol–water partition coefficient (Wildman–Crippen LogP) is 4.14. The molecule has 0 saturated carbocycles. The second-order valence-corrected chi connectivity index (χ2v) is 7.37. The van der Waals surface area contributed by atoms with E-state index in [2.05, 4.69) is 5.32 Å². The van der Waals surface area contributed by atoms with Gasteiger partial charge in [0, 0.05) is 19.1 Å².